The van der Waals surface area contributed by atoms with Gasteiger partial charge in [0, 0.05) is 25.4 Å². The molecule has 0 spiro atoms. The molecule has 1 amide bonds. The zero-order chi connectivity index (χ0) is 38.3. The number of imidazole rings is 1. The molecule has 286 valence electrons. The summed E-state index contributed by atoms with van der Waals surface area (Å²) in [5, 5.41) is 24.3. The topological polar surface area (TPSA) is 253 Å². The maximum atomic E-state index is 14.5. The molecule has 2 saturated heterocycles. The number of hydrogen-bond donors (Lipinski definition) is 3. The van der Waals surface area contributed by atoms with Crippen molar-refractivity contribution in [1.29, 1.82) is 5.26 Å². The van der Waals surface area contributed by atoms with Crippen LogP contribution >= 0.6 is 19.4 Å². The van der Waals surface area contributed by atoms with Gasteiger partial charge in [-0.2, -0.15) is 10.2 Å². The van der Waals surface area contributed by atoms with E-state index in [0.29, 0.717) is 19.4 Å². The lowest BCUT2D eigenvalue weighted by Gasteiger charge is -2.35. The average molecular weight is 781 g/mol. The molecule has 21 heteroatoms. The number of aromatic nitrogens is 4. The molecule has 2 unspecified atom stereocenters. The molecule has 0 aliphatic carbocycles. The van der Waals surface area contributed by atoms with Crippen LogP contribution in [-0.4, -0.2) is 86.4 Å². The average Bonchev–Trinajstić information content (AvgIpc) is 3.83. The van der Waals surface area contributed by atoms with E-state index in [4.69, 9.17) is 49.4 Å². The molecule has 19 nitrogen and oxygen atoms in total. The minimum Gasteiger partial charge on any atom is -0.463 e. The Kier molecular flexibility index (Phi) is 13.0. The van der Waals surface area contributed by atoms with Gasteiger partial charge in [-0.15, -0.1) is 0 Å². The summed E-state index contributed by atoms with van der Waals surface area (Å²) in [6, 6.07) is 7.73. The van der Waals surface area contributed by atoms with Crippen molar-refractivity contribution in [2.24, 2.45) is 5.92 Å². The van der Waals surface area contributed by atoms with E-state index in [1.807, 2.05) is 6.07 Å². The van der Waals surface area contributed by atoms with Crippen LogP contribution in [0.25, 0.3) is 11.2 Å². The number of anilines is 1. The first kappa shape index (κ1) is 39.9. The zero-order valence-electron chi connectivity index (χ0n) is 28.9. The number of aromatic amines is 1. The highest BCUT2D eigenvalue weighted by Crippen LogP contribution is 2.57. The summed E-state index contributed by atoms with van der Waals surface area (Å²) in [6.07, 6.45) is -4.59. The van der Waals surface area contributed by atoms with E-state index in [-0.39, 0.29) is 52.9 Å². The first-order chi connectivity index (χ1) is 25.2. The van der Waals surface area contributed by atoms with E-state index in [2.05, 4.69) is 20.3 Å². The number of ketones is 1. The van der Waals surface area contributed by atoms with Gasteiger partial charge in [0.05, 0.1) is 36.9 Å². The molecule has 4 heterocycles. The van der Waals surface area contributed by atoms with Crippen molar-refractivity contribution in [3.63, 3.8) is 0 Å². The van der Waals surface area contributed by atoms with Crippen LogP contribution in [0.1, 0.15) is 59.1 Å². The van der Waals surface area contributed by atoms with Crippen molar-refractivity contribution in [2.75, 3.05) is 25.1 Å². The molecular formula is C32H38ClN6O13P. The Balaban J connectivity index is 1.61. The van der Waals surface area contributed by atoms with Crippen LogP contribution in [0, 0.1) is 17.2 Å². The number of halogens is 1. The van der Waals surface area contributed by atoms with Crippen molar-refractivity contribution in [1.82, 2.24) is 19.5 Å². The number of phosphoric ester groups is 1. The highest BCUT2D eigenvalue weighted by atomic mass is 35.5. The quantitative estimate of drug-likeness (QED) is 0.0767. The van der Waals surface area contributed by atoms with Gasteiger partial charge in [0.1, 0.15) is 18.1 Å². The smallest absolute Gasteiger partial charge is 0.463 e. The molecule has 0 saturated carbocycles. The lowest BCUT2D eigenvalue weighted by atomic mass is 10.1. The Hall–Kier alpha value is -4.25. The monoisotopic (exact) mass is 780 g/mol. The minimum absolute atomic E-state index is 0.00241. The minimum atomic E-state index is -5.01. The van der Waals surface area contributed by atoms with Gasteiger partial charge in [-0.25, -0.2) is 14.1 Å². The summed E-state index contributed by atoms with van der Waals surface area (Å²) in [7, 11) is -5.01. The molecule has 3 aromatic rings. The number of para-hydroxylation sites is 1. The highest BCUT2D eigenvalue weighted by Gasteiger charge is 2.64. The fourth-order valence-corrected chi connectivity index (χ4v) is 6.90. The summed E-state index contributed by atoms with van der Waals surface area (Å²) < 4.78 is 56.2. The number of aliphatic hydroxyl groups is 1. The number of nitrogens with one attached hydrogen (secondary N) is 2. The Morgan fingerprint density at radius 3 is 2.74 bits per heavy atom. The third kappa shape index (κ3) is 9.65. The molecule has 0 radical (unpaired) electrons. The van der Waals surface area contributed by atoms with Crippen LogP contribution < -0.4 is 15.4 Å². The maximum absolute atomic E-state index is 14.5. The number of phosphoric acid groups is 1. The number of esters is 1. The van der Waals surface area contributed by atoms with Crippen molar-refractivity contribution in [2.45, 2.75) is 83.4 Å². The fraction of sp³-hybridized carbons (Fsp3) is 0.531. The van der Waals surface area contributed by atoms with Crippen molar-refractivity contribution < 1.29 is 56.6 Å². The highest BCUT2D eigenvalue weighted by molar-refractivity contribution is 7.49. The van der Waals surface area contributed by atoms with Gasteiger partial charge in [0.15, 0.2) is 35.9 Å². The van der Waals surface area contributed by atoms with Gasteiger partial charge < -0.3 is 33.4 Å². The number of ether oxygens (including phenoxy) is 4. The van der Waals surface area contributed by atoms with E-state index in [9.17, 15) is 28.8 Å². The number of H-pyrrole nitrogens is 1. The largest absolute Gasteiger partial charge is 0.532 e. The van der Waals surface area contributed by atoms with E-state index in [1.165, 1.54) is 29.7 Å². The normalized spacial score (nSPS) is 23.8. The summed E-state index contributed by atoms with van der Waals surface area (Å²) in [4.78, 5) is 60.6. The molecule has 3 N–H and O–H groups in total. The molecule has 2 aromatic heterocycles. The standard InChI is InChI=1S/C32H38ClN6O13P/c1-18(2)28(42)37-31-36-27-25(29(43)38-31)35-17-39(27)30-26(50-24-10-6-14-46-24)32(44,22(49-30)16-47-23(41)12-11-19(3)40)52-53(45,48-15-7-13-34)51-21-9-5-4-8-20(21)33/h4-5,8-9,17-18,22,24,26,30,44H,6-7,10-12,14-16H2,1-3H3,(H2,36,37,38,42,43)/t22-,24?,26+,30-,32-,53?/m1/s1. The van der Waals surface area contributed by atoms with E-state index >= 15 is 0 Å². The number of hydrogen-bond acceptors (Lipinski definition) is 16. The number of nitriles is 1. The molecule has 53 heavy (non-hydrogen) atoms. The van der Waals surface area contributed by atoms with Gasteiger partial charge in [-0.1, -0.05) is 37.6 Å². The molecular weight excluding hydrogens is 743 g/mol. The van der Waals surface area contributed by atoms with Crippen molar-refractivity contribution in [3.05, 3.63) is 46.0 Å². The number of Topliss-reactive ketones (excluding diaryl/α,β-unsaturated/α-hetero) is 1. The van der Waals surface area contributed by atoms with Gasteiger partial charge >= 0.3 is 13.8 Å². The molecule has 2 aliphatic rings. The van der Waals surface area contributed by atoms with Crippen molar-refractivity contribution >= 4 is 54.2 Å². The van der Waals surface area contributed by atoms with Gasteiger partial charge in [-0.3, -0.25) is 33.8 Å². The Morgan fingerprint density at radius 2 is 2.06 bits per heavy atom. The van der Waals surface area contributed by atoms with Crippen LogP contribution in [0.15, 0.2) is 35.4 Å². The summed E-state index contributed by atoms with van der Waals surface area (Å²) in [5.41, 5.74) is -1.06. The number of rotatable bonds is 17. The molecule has 1 aromatic carbocycles. The zero-order valence-corrected chi connectivity index (χ0v) is 30.5. The third-order valence-corrected chi connectivity index (χ3v) is 9.68. The molecule has 2 aliphatic heterocycles. The number of amides is 1. The van der Waals surface area contributed by atoms with Crippen LogP contribution in [0.5, 0.6) is 5.75 Å². The second-order valence-corrected chi connectivity index (χ2v) is 14.3. The third-order valence-electron chi connectivity index (χ3n) is 7.94. The first-order valence-electron chi connectivity index (χ1n) is 16.6. The fourth-order valence-electron chi connectivity index (χ4n) is 5.23. The lowest BCUT2D eigenvalue weighted by Crippen LogP contribution is -2.53. The molecule has 5 rings (SSSR count). The number of benzene rings is 1. The van der Waals surface area contributed by atoms with Gasteiger partial charge in [0.2, 0.25) is 17.6 Å². The number of nitrogens with zero attached hydrogens (tertiary/aromatic N) is 4. The second kappa shape index (κ2) is 17.3. The summed E-state index contributed by atoms with van der Waals surface area (Å²) in [5.74, 6) is -5.30. The summed E-state index contributed by atoms with van der Waals surface area (Å²) in [6.45, 7) is 3.65. The second-order valence-electron chi connectivity index (χ2n) is 12.3. The van der Waals surface area contributed by atoms with E-state index < -0.39 is 74.9 Å². The SMILES string of the molecule is CC(=O)CCC(=O)OC[C@H]1O[C@@H](n2cnc3c(=O)[nH]c(NC(=O)C(C)C)nc32)[C@H](OC2CCCO2)[C@]1(O)OP(=O)(OCCC#N)Oc1ccccc1Cl. The van der Waals surface area contributed by atoms with E-state index in [0.717, 1.165) is 6.33 Å². The Labute approximate surface area is 307 Å². The van der Waals surface area contributed by atoms with E-state index in [1.54, 1.807) is 19.9 Å². The lowest BCUT2D eigenvalue weighted by molar-refractivity contribution is -0.267. The van der Waals surface area contributed by atoms with Gasteiger partial charge in [0.25, 0.3) is 5.56 Å². The summed E-state index contributed by atoms with van der Waals surface area (Å²) >= 11 is 6.28. The number of carbonyl (C=O) groups excluding carboxylic acids is 3. The predicted octanol–water partition coefficient (Wildman–Crippen LogP) is 3.52. The van der Waals surface area contributed by atoms with Crippen LogP contribution in [-0.2, 0) is 46.9 Å². The van der Waals surface area contributed by atoms with Crippen LogP contribution in [0.4, 0.5) is 5.95 Å². The molecule has 6 atom stereocenters. The molecule has 2 fully saturated rings. The van der Waals surface area contributed by atoms with Gasteiger partial charge in [-0.05, 0) is 25.5 Å². The maximum Gasteiger partial charge on any atom is 0.532 e. The number of fused-ring (bicyclic) bond motifs is 1. The first-order valence-corrected chi connectivity index (χ1v) is 18.4. The number of carbonyl (C=O) groups is 3. The Morgan fingerprint density at radius 1 is 1.28 bits per heavy atom. The Bertz CT molecular complexity index is 1960. The predicted molar refractivity (Wildman–Crippen MR) is 182 cm³/mol. The molecule has 0 bridgehead atoms. The van der Waals surface area contributed by atoms with Crippen LogP contribution in [0.2, 0.25) is 5.02 Å². The van der Waals surface area contributed by atoms with Crippen LogP contribution in [0.3, 0.4) is 0 Å². The van der Waals surface area contributed by atoms with Crippen molar-refractivity contribution in [3.8, 4) is 11.8 Å².